The van der Waals surface area contributed by atoms with Crippen molar-refractivity contribution in [2.75, 3.05) is 0 Å². The number of hydrogen-bond donors (Lipinski definition) is 1. The van der Waals surface area contributed by atoms with Crippen LogP contribution in [-0.4, -0.2) is 10.9 Å². The molecule has 1 heterocycles. The van der Waals surface area contributed by atoms with E-state index in [2.05, 4.69) is 10.3 Å². The first-order valence-corrected chi connectivity index (χ1v) is 6.34. The summed E-state index contributed by atoms with van der Waals surface area (Å²) in [4.78, 5) is 16.1. The third-order valence-corrected chi connectivity index (χ3v) is 3.12. The van der Waals surface area contributed by atoms with Crippen LogP contribution in [0.25, 0.3) is 0 Å². The standard InChI is InChI=1S/C16H15N3O/c1-12-7-8-18-10-14(12)11-19-16(20)15(9-17)13-5-3-2-4-6-13/h2-8,10,15H,11H2,1H3,(H,19,20). The zero-order valence-corrected chi connectivity index (χ0v) is 11.2. The van der Waals surface area contributed by atoms with E-state index >= 15 is 0 Å². The van der Waals surface area contributed by atoms with E-state index in [4.69, 9.17) is 0 Å². The highest BCUT2D eigenvalue weighted by Crippen LogP contribution is 2.15. The van der Waals surface area contributed by atoms with Crippen LogP contribution in [0.2, 0.25) is 0 Å². The number of carbonyl (C=O) groups excluding carboxylic acids is 1. The van der Waals surface area contributed by atoms with E-state index in [9.17, 15) is 10.1 Å². The number of pyridine rings is 1. The summed E-state index contributed by atoms with van der Waals surface area (Å²) in [5, 5.41) is 12.0. The number of nitrogens with one attached hydrogen (secondary N) is 1. The first kappa shape index (κ1) is 13.8. The van der Waals surface area contributed by atoms with Gasteiger partial charge in [0.05, 0.1) is 6.07 Å². The fourth-order valence-electron chi connectivity index (χ4n) is 1.90. The molecule has 0 bridgehead atoms. The van der Waals surface area contributed by atoms with E-state index in [1.807, 2.05) is 37.3 Å². The Morgan fingerprint density at radius 2 is 2.10 bits per heavy atom. The molecule has 0 saturated carbocycles. The Hall–Kier alpha value is -2.67. The highest BCUT2D eigenvalue weighted by molar-refractivity contribution is 5.86. The second-order valence-electron chi connectivity index (χ2n) is 4.49. The highest BCUT2D eigenvalue weighted by atomic mass is 16.1. The highest BCUT2D eigenvalue weighted by Gasteiger charge is 2.19. The molecule has 0 aliphatic rings. The van der Waals surface area contributed by atoms with Crippen LogP contribution in [0.3, 0.4) is 0 Å². The summed E-state index contributed by atoms with van der Waals surface area (Å²) in [6.45, 7) is 2.34. The van der Waals surface area contributed by atoms with Crippen LogP contribution >= 0.6 is 0 Å². The molecule has 0 aliphatic carbocycles. The quantitative estimate of drug-likeness (QED) is 0.922. The molecule has 0 saturated heterocycles. The van der Waals surface area contributed by atoms with E-state index in [0.29, 0.717) is 12.1 Å². The number of amides is 1. The van der Waals surface area contributed by atoms with Gasteiger partial charge in [0.15, 0.2) is 0 Å². The van der Waals surface area contributed by atoms with Gasteiger partial charge in [-0.15, -0.1) is 0 Å². The lowest BCUT2D eigenvalue weighted by Gasteiger charge is -2.11. The molecule has 0 aliphatic heterocycles. The summed E-state index contributed by atoms with van der Waals surface area (Å²) >= 11 is 0. The van der Waals surface area contributed by atoms with Crippen LogP contribution in [0.1, 0.15) is 22.6 Å². The Morgan fingerprint density at radius 1 is 1.35 bits per heavy atom. The number of aromatic nitrogens is 1. The molecule has 4 heteroatoms. The van der Waals surface area contributed by atoms with Gasteiger partial charge in [-0.2, -0.15) is 5.26 Å². The lowest BCUT2D eigenvalue weighted by molar-refractivity contribution is -0.121. The maximum atomic E-state index is 12.1. The van der Waals surface area contributed by atoms with Gasteiger partial charge in [-0.05, 0) is 29.7 Å². The number of nitriles is 1. The molecule has 1 amide bonds. The summed E-state index contributed by atoms with van der Waals surface area (Å²) in [6, 6.07) is 13.0. The number of carbonyl (C=O) groups is 1. The molecular formula is C16H15N3O. The molecule has 1 unspecified atom stereocenters. The molecule has 0 spiro atoms. The predicted molar refractivity (Wildman–Crippen MR) is 75.6 cm³/mol. The SMILES string of the molecule is Cc1ccncc1CNC(=O)C(C#N)c1ccccc1. The molecule has 0 radical (unpaired) electrons. The van der Waals surface area contributed by atoms with Crippen molar-refractivity contribution < 1.29 is 4.79 Å². The van der Waals surface area contributed by atoms with Gasteiger partial charge in [0, 0.05) is 18.9 Å². The van der Waals surface area contributed by atoms with Gasteiger partial charge in [-0.25, -0.2) is 0 Å². The lowest BCUT2D eigenvalue weighted by Crippen LogP contribution is -2.28. The molecule has 2 rings (SSSR count). The van der Waals surface area contributed by atoms with E-state index in [0.717, 1.165) is 11.1 Å². The van der Waals surface area contributed by atoms with Crippen molar-refractivity contribution in [2.24, 2.45) is 0 Å². The van der Waals surface area contributed by atoms with Gasteiger partial charge in [0.25, 0.3) is 0 Å². The Bertz CT molecular complexity index is 632. The zero-order valence-electron chi connectivity index (χ0n) is 11.2. The zero-order chi connectivity index (χ0) is 14.4. The number of aryl methyl sites for hydroxylation is 1. The van der Waals surface area contributed by atoms with E-state index < -0.39 is 5.92 Å². The summed E-state index contributed by atoms with van der Waals surface area (Å²) in [7, 11) is 0. The first-order chi connectivity index (χ1) is 9.72. The number of benzene rings is 1. The van der Waals surface area contributed by atoms with Gasteiger partial charge in [0.1, 0.15) is 5.92 Å². The molecule has 1 N–H and O–H groups in total. The van der Waals surface area contributed by atoms with Gasteiger partial charge in [-0.3, -0.25) is 9.78 Å². The normalized spacial score (nSPS) is 11.4. The summed E-state index contributed by atoms with van der Waals surface area (Å²) in [5.41, 5.74) is 2.72. The minimum absolute atomic E-state index is 0.290. The largest absolute Gasteiger partial charge is 0.351 e. The minimum atomic E-state index is -0.784. The molecule has 2 aromatic rings. The number of hydrogen-bond acceptors (Lipinski definition) is 3. The maximum absolute atomic E-state index is 12.1. The van der Waals surface area contributed by atoms with Crippen molar-refractivity contribution in [1.82, 2.24) is 10.3 Å². The topological polar surface area (TPSA) is 65.8 Å². The van der Waals surface area contributed by atoms with Crippen molar-refractivity contribution in [3.8, 4) is 6.07 Å². The fourth-order valence-corrected chi connectivity index (χ4v) is 1.90. The van der Waals surface area contributed by atoms with E-state index in [1.165, 1.54) is 0 Å². The van der Waals surface area contributed by atoms with Crippen LogP contribution < -0.4 is 5.32 Å². The minimum Gasteiger partial charge on any atom is -0.351 e. The Morgan fingerprint density at radius 3 is 2.75 bits per heavy atom. The predicted octanol–water partition coefficient (Wildman–Crippen LogP) is 2.31. The molecule has 0 fully saturated rings. The van der Waals surface area contributed by atoms with Crippen LogP contribution in [0.4, 0.5) is 0 Å². The van der Waals surface area contributed by atoms with Crippen LogP contribution in [0.15, 0.2) is 48.8 Å². The third kappa shape index (κ3) is 3.21. The molecule has 1 atom stereocenters. The van der Waals surface area contributed by atoms with Crippen LogP contribution in [0, 0.1) is 18.3 Å². The smallest absolute Gasteiger partial charge is 0.242 e. The fraction of sp³-hybridized carbons (Fsp3) is 0.188. The molecule has 20 heavy (non-hydrogen) atoms. The maximum Gasteiger partial charge on any atom is 0.242 e. The van der Waals surface area contributed by atoms with Crippen LogP contribution in [0.5, 0.6) is 0 Å². The average Bonchev–Trinajstić information content (AvgIpc) is 2.48. The molecule has 4 nitrogen and oxygen atoms in total. The summed E-state index contributed by atoms with van der Waals surface area (Å²) < 4.78 is 0. The Balaban J connectivity index is 2.05. The number of nitrogens with zero attached hydrogens (tertiary/aromatic N) is 2. The molecule has 1 aromatic carbocycles. The van der Waals surface area contributed by atoms with Crippen LogP contribution in [-0.2, 0) is 11.3 Å². The Labute approximate surface area is 118 Å². The summed E-state index contributed by atoms with van der Waals surface area (Å²) in [5.74, 6) is -1.07. The van der Waals surface area contributed by atoms with Crippen molar-refractivity contribution >= 4 is 5.91 Å². The molecule has 100 valence electrons. The van der Waals surface area contributed by atoms with Gasteiger partial charge in [0.2, 0.25) is 5.91 Å². The first-order valence-electron chi connectivity index (χ1n) is 6.34. The van der Waals surface area contributed by atoms with Crippen molar-refractivity contribution in [3.63, 3.8) is 0 Å². The van der Waals surface area contributed by atoms with Crippen molar-refractivity contribution in [2.45, 2.75) is 19.4 Å². The summed E-state index contributed by atoms with van der Waals surface area (Å²) in [6.07, 6.45) is 3.43. The monoisotopic (exact) mass is 265 g/mol. The second kappa shape index (κ2) is 6.48. The molecule has 1 aromatic heterocycles. The van der Waals surface area contributed by atoms with E-state index in [-0.39, 0.29) is 5.91 Å². The van der Waals surface area contributed by atoms with Gasteiger partial charge >= 0.3 is 0 Å². The second-order valence-corrected chi connectivity index (χ2v) is 4.49. The van der Waals surface area contributed by atoms with Gasteiger partial charge in [-0.1, -0.05) is 30.3 Å². The van der Waals surface area contributed by atoms with Crippen molar-refractivity contribution in [3.05, 3.63) is 65.5 Å². The van der Waals surface area contributed by atoms with E-state index in [1.54, 1.807) is 24.5 Å². The number of rotatable bonds is 4. The Kier molecular flexibility index (Phi) is 4.46. The lowest BCUT2D eigenvalue weighted by atomic mass is 10.00. The third-order valence-electron chi connectivity index (χ3n) is 3.12. The van der Waals surface area contributed by atoms with Crippen molar-refractivity contribution in [1.29, 1.82) is 5.26 Å². The molecular weight excluding hydrogens is 250 g/mol. The average molecular weight is 265 g/mol. The van der Waals surface area contributed by atoms with Gasteiger partial charge < -0.3 is 5.32 Å².